The molecule has 0 radical (unpaired) electrons. The second kappa shape index (κ2) is 14.3. The molecule has 51 heavy (non-hydrogen) atoms. The van der Waals surface area contributed by atoms with Crippen molar-refractivity contribution < 1.29 is 13.9 Å². The van der Waals surface area contributed by atoms with Gasteiger partial charge in [-0.25, -0.2) is 13.9 Å². The Morgan fingerprint density at radius 1 is 0.843 bits per heavy atom. The Morgan fingerprint density at radius 2 is 1.43 bits per heavy atom. The zero-order valence-electron chi connectivity index (χ0n) is 28.5. The van der Waals surface area contributed by atoms with Gasteiger partial charge >= 0.3 is 6.09 Å². The average Bonchev–Trinajstić information content (AvgIpc) is 3.51. The number of benzene rings is 5. The van der Waals surface area contributed by atoms with Crippen LogP contribution in [0.25, 0.3) is 22.2 Å². The highest BCUT2D eigenvalue weighted by Crippen LogP contribution is 2.44. The number of carbonyl (C=O) groups excluding carboxylic acids is 1. The van der Waals surface area contributed by atoms with Crippen LogP contribution in [0.1, 0.15) is 46.5 Å². The number of nitrogens with two attached hydrogens (primary N) is 1. The van der Waals surface area contributed by atoms with Gasteiger partial charge in [0, 0.05) is 34.9 Å². The Bertz CT molecular complexity index is 2180. The zero-order valence-corrected chi connectivity index (χ0v) is 28.5. The van der Waals surface area contributed by atoms with Gasteiger partial charge in [-0.15, -0.1) is 0 Å². The van der Waals surface area contributed by atoms with Gasteiger partial charge in [-0.1, -0.05) is 103 Å². The summed E-state index contributed by atoms with van der Waals surface area (Å²) in [6.45, 7) is 3.89. The van der Waals surface area contributed by atoms with E-state index >= 15 is 0 Å². The lowest BCUT2D eigenvalue weighted by Crippen LogP contribution is -2.38. The lowest BCUT2D eigenvalue weighted by molar-refractivity contribution is 0.144. The van der Waals surface area contributed by atoms with E-state index < -0.39 is 11.6 Å². The molecule has 8 heteroatoms. The number of carbonyl (C=O) groups is 1. The Balaban J connectivity index is 1.33. The second-order valence-electron chi connectivity index (χ2n) is 12.6. The fourth-order valence-electron chi connectivity index (χ4n) is 6.81. The predicted octanol–water partition coefficient (Wildman–Crippen LogP) is 9.00. The minimum atomic E-state index is -0.862. The molecular weight excluding hydrogens is 638 g/mol. The first kappa shape index (κ1) is 33.2. The monoisotopic (exact) mass is 675 g/mol. The summed E-state index contributed by atoms with van der Waals surface area (Å²) >= 11 is 0. The standard InChI is InChI=1S/C43H38FN5O2/c1-29-26-33(22-24-46-29)41-38-27-32(23-25-51-42(50)47-30(2)31-18-20-37(44)21-19-31)39(45)28-40(38)49(48-41)43(34-12-6-3-7-13-34,35-14-8-4-9-15-35)36-16-10-5-11-17-36/h3-22,24,26-28,30H,23,25,45H2,1-2H3,(H,47,50). The third-order valence-electron chi connectivity index (χ3n) is 9.31. The number of nitrogens with one attached hydrogen (secondary N) is 1. The van der Waals surface area contributed by atoms with E-state index in [1.807, 2.05) is 50.2 Å². The maximum absolute atomic E-state index is 13.4. The smallest absolute Gasteiger partial charge is 0.407 e. The highest BCUT2D eigenvalue weighted by molar-refractivity contribution is 5.96. The van der Waals surface area contributed by atoms with Crippen molar-refractivity contribution in [3.8, 4) is 11.3 Å². The predicted molar refractivity (Wildman–Crippen MR) is 200 cm³/mol. The molecule has 2 aromatic heterocycles. The van der Waals surface area contributed by atoms with E-state index in [4.69, 9.17) is 15.6 Å². The number of amides is 1. The molecule has 0 bridgehead atoms. The first-order valence-electron chi connectivity index (χ1n) is 16.9. The van der Waals surface area contributed by atoms with E-state index in [1.165, 1.54) is 12.1 Å². The lowest BCUT2D eigenvalue weighted by atomic mass is 9.77. The lowest BCUT2D eigenvalue weighted by Gasteiger charge is -2.37. The fourth-order valence-corrected chi connectivity index (χ4v) is 6.81. The maximum atomic E-state index is 13.4. The number of pyridine rings is 1. The van der Waals surface area contributed by atoms with Crippen molar-refractivity contribution >= 4 is 22.7 Å². The van der Waals surface area contributed by atoms with Gasteiger partial charge in [0.1, 0.15) is 17.1 Å². The highest BCUT2D eigenvalue weighted by Gasteiger charge is 2.41. The molecule has 5 aromatic carbocycles. The second-order valence-corrected chi connectivity index (χ2v) is 12.6. The van der Waals surface area contributed by atoms with Crippen molar-refractivity contribution in [3.05, 3.63) is 185 Å². The summed E-state index contributed by atoms with van der Waals surface area (Å²) in [5.74, 6) is -0.332. The van der Waals surface area contributed by atoms with Crippen LogP contribution in [0.2, 0.25) is 0 Å². The fraction of sp³-hybridized carbons (Fsp3) is 0.140. The number of alkyl carbamates (subject to hydrolysis) is 1. The van der Waals surface area contributed by atoms with Gasteiger partial charge in [0.2, 0.25) is 0 Å². The molecule has 7 rings (SSSR count). The maximum Gasteiger partial charge on any atom is 0.407 e. The van der Waals surface area contributed by atoms with E-state index in [-0.39, 0.29) is 18.5 Å². The molecule has 0 aliphatic rings. The van der Waals surface area contributed by atoms with Crippen molar-refractivity contribution in [1.82, 2.24) is 20.1 Å². The number of nitrogens with zero attached hydrogens (tertiary/aromatic N) is 3. The molecule has 3 N–H and O–H groups in total. The molecule has 2 heterocycles. The summed E-state index contributed by atoms with van der Waals surface area (Å²) in [6, 6.07) is 44.9. The Hall–Kier alpha value is -6.28. The molecule has 0 saturated carbocycles. The normalized spacial score (nSPS) is 12.1. The molecule has 0 saturated heterocycles. The van der Waals surface area contributed by atoms with Crippen molar-refractivity contribution in [3.63, 3.8) is 0 Å². The number of anilines is 1. The van der Waals surface area contributed by atoms with Crippen LogP contribution in [-0.2, 0) is 16.7 Å². The van der Waals surface area contributed by atoms with E-state index in [0.29, 0.717) is 12.1 Å². The minimum absolute atomic E-state index is 0.109. The van der Waals surface area contributed by atoms with Crippen molar-refractivity contribution in [1.29, 1.82) is 0 Å². The number of halogens is 1. The van der Waals surface area contributed by atoms with Crippen LogP contribution in [0.4, 0.5) is 14.9 Å². The molecule has 254 valence electrons. The van der Waals surface area contributed by atoms with Crippen LogP contribution in [0.3, 0.4) is 0 Å². The van der Waals surface area contributed by atoms with Gasteiger partial charge in [-0.05, 0) is 78.1 Å². The number of hydrogen-bond acceptors (Lipinski definition) is 5. The van der Waals surface area contributed by atoms with E-state index in [9.17, 15) is 9.18 Å². The average molecular weight is 676 g/mol. The van der Waals surface area contributed by atoms with Crippen LogP contribution in [0, 0.1) is 12.7 Å². The number of hydrogen-bond donors (Lipinski definition) is 2. The van der Waals surface area contributed by atoms with Crippen LogP contribution in [0.5, 0.6) is 0 Å². The number of nitrogen functional groups attached to an aromatic ring is 1. The first-order valence-corrected chi connectivity index (χ1v) is 16.9. The molecule has 7 aromatic rings. The topological polar surface area (TPSA) is 95.1 Å². The quantitative estimate of drug-likeness (QED) is 0.111. The van der Waals surface area contributed by atoms with Gasteiger partial charge in [0.05, 0.1) is 18.2 Å². The summed E-state index contributed by atoms with van der Waals surface area (Å²) in [6.07, 6.45) is 1.62. The zero-order chi connectivity index (χ0) is 35.4. The first-order chi connectivity index (χ1) is 24.8. The largest absolute Gasteiger partial charge is 0.449 e. The Morgan fingerprint density at radius 3 is 2.00 bits per heavy atom. The highest BCUT2D eigenvalue weighted by atomic mass is 19.1. The van der Waals surface area contributed by atoms with Crippen molar-refractivity contribution in [2.75, 3.05) is 12.3 Å². The molecule has 1 amide bonds. The van der Waals surface area contributed by atoms with Crippen LogP contribution in [0.15, 0.2) is 146 Å². The number of aryl methyl sites for hydroxylation is 1. The number of aromatic nitrogens is 3. The van der Waals surface area contributed by atoms with E-state index in [0.717, 1.165) is 55.7 Å². The molecule has 0 aliphatic carbocycles. The van der Waals surface area contributed by atoms with Gasteiger partial charge in [0.15, 0.2) is 0 Å². The van der Waals surface area contributed by atoms with E-state index in [2.05, 4.69) is 93.8 Å². The van der Waals surface area contributed by atoms with Crippen LogP contribution < -0.4 is 11.1 Å². The summed E-state index contributed by atoms with van der Waals surface area (Å²) in [4.78, 5) is 17.2. The van der Waals surface area contributed by atoms with Crippen molar-refractivity contribution in [2.24, 2.45) is 0 Å². The van der Waals surface area contributed by atoms with Crippen LogP contribution in [-0.4, -0.2) is 27.5 Å². The Kier molecular flexibility index (Phi) is 9.31. The minimum Gasteiger partial charge on any atom is -0.449 e. The van der Waals surface area contributed by atoms with Crippen LogP contribution >= 0.6 is 0 Å². The number of fused-ring (bicyclic) bond motifs is 1. The molecule has 1 unspecified atom stereocenters. The summed E-state index contributed by atoms with van der Waals surface area (Å²) in [7, 11) is 0. The summed E-state index contributed by atoms with van der Waals surface area (Å²) in [5, 5.41) is 9.20. The van der Waals surface area contributed by atoms with Gasteiger partial charge in [0.25, 0.3) is 0 Å². The van der Waals surface area contributed by atoms with E-state index in [1.54, 1.807) is 18.3 Å². The van der Waals surface area contributed by atoms with Gasteiger partial charge in [-0.3, -0.25) is 4.98 Å². The molecule has 0 spiro atoms. The number of ether oxygens (including phenoxy) is 1. The van der Waals surface area contributed by atoms with Gasteiger partial charge in [-0.2, -0.15) is 5.10 Å². The molecule has 7 nitrogen and oxygen atoms in total. The molecule has 0 aliphatic heterocycles. The number of rotatable bonds is 10. The molecule has 1 atom stereocenters. The molecular formula is C43H38FN5O2. The van der Waals surface area contributed by atoms with Crippen molar-refractivity contribution in [2.45, 2.75) is 31.8 Å². The van der Waals surface area contributed by atoms with Gasteiger partial charge < -0.3 is 15.8 Å². The molecule has 0 fully saturated rings. The SMILES string of the molecule is Cc1cc(-c2nn(C(c3ccccc3)(c3ccccc3)c3ccccc3)c3cc(N)c(CCOC(=O)NC(C)c4ccc(F)cc4)cc23)ccn1. The Labute approximate surface area is 296 Å². The summed E-state index contributed by atoms with van der Waals surface area (Å²) < 4.78 is 21.1. The summed E-state index contributed by atoms with van der Waals surface area (Å²) in [5.41, 5.74) is 14.7. The third kappa shape index (κ3) is 6.56. The third-order valence-corrected chi connectivity index (χ3v) is 9.31.